The van der Waals surface area contributed by atoms with Crippen molar-refractivity contribution in [3.8, 4) is 0 Å². The molecule has 2 aromatic rings. The number of rotatable bonds is 6. The molecule has 0 spiro atoms. The van der Waals surface area contributed by atoms with Gasteiger partial charge in [0, 0.05) is 12.5 Å². The predicted molar refractivity (Wildman–Crippen MR) is 67.6 cm³/mol. The Labute approximate surface area is 100 Å². The summed E-state index contributed by atoms with van der Waals surface area (Å²) in [5.74, 6) is 1.03. The molecule has 2 N–H and O–H groups in total. The summed E-state index contributed by atoms with van der Waals surface area (Å²) in [7, 11) is 0. The highest BCUT2D eigenvalue weighted by Gasteiger charge is 2.05. The van der Waals surface area contributed by atoms with Crippen LogP contribution in [-0.4, -0.2) is 6.04 Å². The van der Waals surface area contributed by atoms with E-state index in [4.69, 9.17) is 10.2 Å². The van der Waals surface area contributed by atoms with Gasteiger partial charge in [-0.25, -0.2) is 0 Å². The molecule has 0 bridgehead atoms. The van der Waals surface area contributed by atoms with Gasteiger partial charge in [-0.1, -0.05) is 0 Å². The summed E-state index contributed by atoms with van der Waals surface area (Å²) in [5, 5.41) is 4.31. The first kappa shape index (κ1) is 11.4. The molecule has 0 saturated heterocycles. The molecule has 2 nitrogen and oxygen atoms in total. The molecule has 0 saturated carbocycles. The molecule has 2 heterocycles. The second kappa shape index (κ2) is 5.87. The molecule has 0 aliphatic carbocycles. The highest BCUT2D eigenvalue weighted by atomic mass is 32.1. The molecule has 16 heavy (non-hydrogen) atoms. The van der Waals surface area contributed by atoms with Crippen LogP contribution in [0.15, 0.2) is 39.6 Å². The monoisotopic (exact) mass is 235 g/mol. The number of thiophene rings is 1. The molecule has 0 aliphatic heterocycles. The van der Waals surface area contributed by atoms with Crippen LogP contribution in [-0.2, 0) is 12.8 Å². The van der Waals surface area contributed by atoms with Crippen molar-refractivity contribution < 1.29 is 4.42 Å². The Bertz CT molecular complexity index is 342. The van der Waals surface area contributed by atoms with Crippen LogP contribution in [0.3, 0.4) is 0 Å². The molecule has 2 rings (SSSR count). The number of furan rings is 1. The van der Waals surface area contributed by atoms with Gasteiger partial charge in [-0.3, -0.25) is 0 Å². The zero-order chi connectivity index (χ0) is 11.2. The zero-order valence-corrected chi connectivity index (χ0v) is 10.1. The SMILES string of the molecule is NC(CCc1ccsc1)CCc1ccco1. The molecule has 0 amide bonds. The number of aryl methyl sites for hydroxylation is 2. The Morgan fingerprint density at radius 3 is 2.81 bits per heavy atom. The molecule has 86 valence electrons. The second-order valence-electron chi connectivity index (χ2n) is 4.05. The first-order valence-electron chi connectivity index (χ1n) is 5.63. The van der Waals surface area contributed by atoms with Gasteiger partial charge >= 0.3 is 0 Å². The predicted octanol–water partition coefficient (Wildman–Crippen LogP) is 3.23. The van der Waals surface area contributed by atoms with Crippen LogP contribution in [0.4, 0.5) is 0 Å². The van der Waals surface area contributed by atoms with Crippen molar-refractivity contribution in [2.45, 2.75) is 31.7 Å². The summed E-state index contributed by atoms with van der Waals surface area (Å²) in [5.41, 5.74) is 7.47. The van der Waals surface area contributed by atoms with E-state index >= 15 is 0 Å². The first-order valence-corrected chi connectivity index (χ1v) is 6.58. The van der Waals surface area contributed by atoms with Crippen LogP contribution in [0.2, 0.25) is 0 Å². The average molecular weight is 235 g/mol. The van der Waals surface area contributed by atoms with Crippen molar-refractivity contribution in [2.75, 3.05) is 0 Å². The summed E-state index contributed by atoms with van der Waals surface area (Å²) < 4.78 is 5.28. The molecule has 1 unspecified atom stereocenters. The molecule has 1 atom stereocenters. The van der Waals surface area contributed by atoms with Gasteiger partial charge in [-0.15, -0.1) is 0 Å². The lowest BCUT2D eigenvalue weighted by Crippen LogP contribution is -2.21. The molecule has 0 aromatic carbocycles. The maximum Gasteiger partial charge on any atom is 0.103 e. The fourth-order valence-corrected chi connectivity index (χ4v) is 2.42. The Morgan fingerprint density at radius 1 is 1.25 bits per heavy atom. The third-order valence-corrected chi connectivity index (χ3v) is 3.46. The van der Waals surface area contributed by atoms with E-state index in [0.29, 0.717) is 0 Å². The summed E-state index contributed by atoms with van der Waals surface area (Å²) in [6.07, 6.45) is 5.79. The minimum absolute atomic E-state index is 0.269. The van der Waals surface area contributed by atoms with E-state index in [1.165, 1.54) is 5.56 Å². The maximum atomic E-state index is 6.07. The molecular formula is C13H17NOS. The Balaban J connectivity index is 1.66. The standard InChI is InChI=1S/C13H17NOS/c14-12(4-3-11-7-9-16-10-11)5-6-13-2-1-8-15-13/h1-2,7-10,12H,3-6,14H2. The van der Waals surface area contributed by atoms with Crippen LogP contribution in [0.5, 0.6) is 0 Å². The minimum atomic E-state index is 0.269. The third-order valence-electron chi connectivity index (χ3n) is 2.73. The van der Waals surface area contributed by atoms with Gasteiger partial charge in [-0.2, -0.15) is 11.3 Å². The van der Waals surface area contributed by atoms with Gasteiger partial charge in [0.25, 0.3) is 0 Å². The summed E-state index contributed by atoms with van der Waals surface area (Å²) >= 11 is 1.75. The smallest absolute Gasteiger partial charge is 0.103 e. The largest absolute Gasteiger partial charge is 0.469 e. The lowest BCUT2D eigenvalue weighted by atomic mass is 10.0. The van der Waals surface area contributed by atoms with Crippen LogP contribution in [0.1, 0.15) is 24.2 Å². The molecular weight excluding hydrogens is 218 g/mol. The quantitative estimate of drug-likeness (QED) is 0.835. The van der Waals surface area contributed by atoms with Crippen molar-refractivity contribution in [1.82, 2.24) is 0 Å². The second-order valence-corrected chi connectivity index (χ2v) is 4.83. The summed E-state index contributed by atoms with van der Waals surface area (Å²) in [6, 6.07) is 6.37. The first-order chi connectivity index (χ1) is 7.84. The van der Waals surface area contributed by atoms with Crippen molar-refractivity contribution in [3.63, 3.8) is 0 Å². The van der Waals surface area contributed by atoms with E-state index in [1.807, 2.05) is 12.1 Å². The summed E-state index contributed by atoms with van der Waals surface area (Å²) in [6.45, 7) is 0. The van der Waals surface area contributed by atoms with Crippen LogP contribution in [0.25, 0.3) is 0 Å². The van der Waals surface area contributed by atoms with Crippen LogP contribution < -0.4 is 5.73 Å². The Morgan fingerprint density at radius 2 is 2.12 bits per heavy atom. The fourth-order valence-electron chi connectivity index (χ4n) is 1.71. The highest BCUT2D eigenvalue weighted by molar-refractivity contribution is 7.07. The van der Waals surface area contributed by atoms with Crippen LogP contribution >= 0.6 is 11.3 Å². The highest BCUT2D eigenvalue weighted by Crippen LogP contribution is 2.12. The lowest BCUT2D eigenvalue weighted by molar-refractivity contribution is 0.477. The summed E-state index contributed by atoms with van der Waals surface area (Å²) in [4.78, 5) is 0. The van der Waals surface area contributed by atoms with E-state index in [0.717, 1.165) is 31.4 Å². The van der Waals surface area contributed by atoms with Crippen LogP contribution in [0, 0.1) is 0 Å². The van der Waals surface area contributed by atoms with Gasteiger partial charge < -0.3 is 10.2 Å². The molecule has 3 heteroatoms. The van der Waals surface area contributed by atoms with E-state index in [1.54, 1.807) is 17.6 Å². The Hall–Kier alpha value is -1.06. The third kappa shape index (κ3) is 3.51. The van der Waals surface area contributed by atoms with E-state index < -0.39 is 0 Å². The van der Waals surface area contributed by atoms with Crippen molar-refractivity contribution >= 4 is 11.3 Å². The minimum Gasteiger partial charge on any atom is -0.469 e. The molecule has 0 radical (unpaired) electrons. The van der Waals surface area contributed by atoms with E-state index in [9.17, 15) is 0 Å². The zero-order valence-electron chi connectivity index (χ0n) is 9.26. The van der Waals surface area contributed by atoms with Gasteiger partial charge in [0.15, 0.2) is 0 Å². The maximum absolute atomic E-state index is 6.07. The van der Waals surface area contributed by atoms with Gasteiger partial charge in [0.2, 0.25) is 0 Å². The fraction of sp³-hybridized carbons (Fsp3) is 0.385. The van der Waals surface area contributed by atoms with Gasteiger partial charge in [-0.05, 0) is 53.8 Å². The average Bonchev–Trinajstić information content (AvgIpc) is 2.96. The number of nitrogens with two attached hydrogens (primary N) is 1. The van der Waals surface area contributed by atoms with Gasteiger partial charge in [0.1, 0.15) is 5.76 Å². The van der Waals surface area contributed by atoms with Gasteiger partial charge in [0.05, 0.1) is 6.26 Å². The topological polar surface area (TPSA) is 39.2 Å². The molecule has 0 fully saturated rings. The Kier molecular flexibility index (Phi) is 4.19. The molecule has 0 aliphatic rings. The van der Waals surface area contributed by atoms with E-state index in [2.05, 4.69) is 16.8 Å². The van der Waals surface area contributed by atoms with Crippen molar-refractivity contribution in [2.24, 2.45) is 5.73 Å². The lowest BCUT2D eigenvalue weighted by Gasteiger charge is -2.09. The number of hydrogen-bond donors (Lipinski definition) is 1. The van der Waals surface area contributed by atoms with Crippen molar-refractivity contribution in [1.29, 1.82) is 0 Å². The van der Waals surface area contributed by atoms with E-state index in [-0.39, 0.29) is 6.04 Å². The normalized spacial score (nSPS) is 12.8. The number of hydrogen-bond acceptors (Lipinski definition) is 3. The van der Waals surface area contributed by atoms with Crippen molar-refractivity contribution in [3.05, 3.63) is 46.5 Å². The molecule has 2 aromatic heterocycles.